The highest BCUT2D eigenvalue weighted by Crippen LogP contribution is 2.45. The molecule has 0 N–H and O–H groups in total. The summed E-state index contributed by atoms with van der Waals surface area (Å²) in [6, 6.07) is 8.00. The third-order valence-electron chi connectivity index (χ3n) is 3.64. The van der Waals surface area contributed by atoms with Crippen molar-refractivity contribution in [2.75, 3.05) is 0 Å². The Labute approximate surface area is 101 Å². The first kappa shape index (κ1) is 10.5. The first-order valence-electron chi connectivity index (χ1n) is 6.19. The van der Waals surface area contributed by atoms with Crippen LogP contribution in [0.2, 0.25) is 0 Å². The van der Waals surface area contributed by atoms with E-state index in [4.69, 9.17) is 4.74 Å². The fourth-order valence-corrected chi connectivity index (χ4v) is 2.30. The Morgan fingerprint density at radius 1 is 1.35 bits per heavy atom. The van der Waals surface area contributed by atoms with Gasteiger partial charge in [-0.2, -0.15) is 4.99 Å². The maximum absolute atomic E-state index is 10.5. The molecule has 3 heteroatoms. The van der Waals surface area contributed by atoms with Crippen LogP contribution in [0.15, 0.2) is 29.3 Å². The minimum Gasteiger partial charge on any atom is -0.490 e. The smallest absolute Gasteiger partial charge is 0.235 e. The summed E-state index contributed by atoms with van der Waals surface area (Å²) in [7, 11) is 0. The molecule has 2 aliphatic carbocycles. The molecule has 0 amide bonds. The predicted octanol–water partition coefficient (Wildman–Crippen LogP) is 2.94. The van der Waals surface area contributed by atoms with Crippen molar-refractivity contribution in [3.63, 3.8) is 0 Å². The van der Waals surface area contributed by atoms with E-state index < -0.39 is 0 Å². The first-order valence-corrected chi connectivity index (χ1v) is 6.19. The molecule has 2 aliphatic rings. The summed E-state index contributed by atoms with van der Waals surface area (Å²) in [6.45, 7) is 0. The fourth-order valence-electron chi connectivity index (χ4n) is 2.30. The lowest BCUT2D eigenvalue weighted by Crippen LogP contribution is -2.31. The minimum absolute atomic E-state index is 0.315. The van der Waals surface area contributed by atoms with E-state index in [9.17, 15) is 4.79 Å². The van der Waals surface area contributed by atoms with Crippen molar-refractivity contribution >= 4 is 6.08 Å². The van der Waals surface area contributed by atoms with Crippen molar-refractivity contribution in [2.24, 2.45) is 4.99 Å². The largest absolute Gasteiger partial charge is 0.490 e. The molecule has 0 saturated heterocycles. The Morgan fingerprint density at radius 2 is 2.18 bits per heavy atom. The molecule has 0 bridgehead atoms. The Morgan fingerprint density at radius 3 is 2.76 bits per heavy atom. The maximum atomic E-state index is 10.5. The molecule has 0 spiro atoms. The van der Waals surface area contributed by atoms with E-state index >= 15 is 0 Å². The Kier molecular flexibility index (Phi) is 2.49. The van der Waals surface area contributed by atoms with Crippen LogP contribution in [0.4, 0.5) is 0 Å². The monoisotopic (exact) mass is 229 g/mol. The van der Waals surface area contributed by atoms with Crippen LogP contribution in [0.5, 0.6) is 5.75 Å². The fraction of sp³-hybridized carbons (Fsp3) is 0.500. The molecule has 3 rings (SSSR count). The van der Waals surface area contributed by atoms with E-state index in [0.29, 0.717) is 6.10 Å². The average molecular weight is 229 g/mol. The van der Waals surface area contributed by atoms with Crippen LogP contribution >= 0.6 is 0 Å². The van der Waals surface area contributed by atoms with Gasteiger partial charge < -0.3 is 4.74 Å². The molecular weight excluding hydrogens is 214 g/mol. The lowest BCUT2D eigenvalue weighted by Gasteiger charge is -2.37. The number of nitrogens with zero attached hydrogens (tertiary/aromatic N) is 1. The molecule has 0 unspecified atom stereocenters. The molecule has 0 aliphatic heterocycles. The summed E-state index contributed by atoms with van der Waals surface area (Å²) < 4.78 is 5.77. The topological polar surface area (TPSA) is 38.7 Å². The molecule has 2 saturated carbocycles. The lowest BCUT2D eigenvalue weighted by atomic mass is 9.72. The number of hydrogen-bond donors (Lipinski definition) is 0. The van der Waals surface area contributed by atoms with Gasteiger partial charge in [-0.25, -0.2) is 4.79 Å². The van der Waals surface area contributed by atoms with E-state index in [1.807, 2.05) is 24.3 Å². The average Bonchev–Trinajstić information content (AvgIpc) is 3.08. The SMILES string of the molecule is O=C=NC1(c2cccc(OC3CC3)c2)CCC1. The second-order valence-corrected chi connectivity index (χ2v) is 4.93. The molecule has 0 heterocycles. The van der Waals surface area contributed by atoms with Crippen molar-refractivity contribution in [3.8, 4) is 5.75 Å². The van der Waals surface area contributed by atoms with Crippen molar-refractivity contribution in [3.05, 3.63) is 29.8 Å². The van der Waals surface area contributed by atoms with Gasteiger partial charge in [-0.15, -0.1) is 0 Å². The van der Waals surface area contributed by atoms with E-state index in [0.717, 1.165) is 43.4 Å². The van der Waals surface area contributed by atoms with Crippen LogP contribution in [0.25, 0.3) is 0 Å². The molecule has 3 nitrogen and oxygen atoms in total. The highest BCUT2D eigenvalue weighted by Gasteiger charge is 2.39. The van der Waals surface area contributed by atoms with Crippen LogP contribution in [0.3, 0.4) is 0 Å². The van der Waals surface area contributed by atoms with Crippen molar-refractivity contribution in [1.29, 1.82) is 0 Å². The first-order chi connectivity index (χ1) is 8.32. The number of carbonyl (C=O) groups excluding carboxylic acids is 1. The van der Waals surface area contributed by atoms with E-state index in [2.05, 4.69) is 4.99 Å². The Balaban J connectivity index is 1.87. The maximum Gasteiger partial charge on any atom is 0.235 e. The van der Waals surface area contributed by atoms with Crippen LogP contribution in [-0.4, -0.2) is 12.2 Å². The van der Waals surface area contributed by atoms with Crippen LogP contribution < -0.4 is 4.74 Å². The summed E-state index contributed by atoms with van der Waals surface area (Å²) >= 11 is 0. The van der Waals surface area contributed by atoms with E-state index in [1.165, 1.54) is 0 Å². The molecule has 88 valence electrons. The van der Waals surface area contributed by atoms with Gasteiger partial charge in [0.05, 0.1) is 11.6 Å². The van der Waals surface area contributed by atoms with Gasteiger partial charge in [0.2, 0.25) is 6.08 Å². The van der Waals surface area contributed by atoms with Crippen LogP contribution in [0.1, 0.15) is 37.7 Å². The Bertz CT molecular complexity index is 469. The lowest BCUT2D eigenvalue weighted by molar-refractivity contribution is 0.253. The molecule has 0 aromatic heterocycles. The number of hydrogen-bond acceptors (Lipinski definition) is 3. The van der Waals surface area contributed by atoms with Gasteiger partial charge in [0.25, 0.3) is 0 Å². The van der Waals surface area contributed by atoms with Crippen molar-refractivity contribution in [2.45, 2.75) is 43.7 Å². The highest BCUT2D eigenvalue weighted by atomic mass is 16.5. The van der Waals surface area contributed by atoms with Gasteiger partial charge in [-0.1, -0.05) is 12.1 Å². The van der Waals surface area contributed by atoms with E-state index in [-0.39, 0.29) is 5.54 Å². The van der Waals surface area contributed by atoms with Gasteiger partial charge in [0.1, 0.15) is 5.75 Å². The van der Waals surface area contributed by atoms with Gasteiger partial charge in [-0.05, 0) is 49.8 Å². The van der Waals surface area contributed by atoms with E-state index in [1.54, 1.807) is 6.08 Å². The third kappa shape index (κ3) is 1.98. The molecule has 0 atom stereocenters. The standard InChI is InChI=1S/C14H15NO2/c16-10-15-14(7-2-8-14)11-3-1-4-13(9-11)17-12-5-6-12/h1,3-4,9,12H,2,5-8H2. The zero-order valence-electron chi connectivity index (χ0n) is 9.69. The summed E-state index contributed by atoms with van der Waals surface area (Å²) in [5, 5.41) is 0. The summed E-state index contributed by atoms with van der Waals surface area (Å²) in [6.07, 6.45) is 7.43. The van der Waals surface area contributed by atoms with Gasteiger partial charge in [0.15, 0.2) is 0 Å². The van der Waals surface area contributed by atoms with Gasteiger partial charge in [-0.3, -0.25) is 0 Å². The highest BCUT2D eigenvalue weighted by molar-refractivity contribution is 5.41. The van der Waals surface area contributed by atoms with Crippen LogP contribution in [0, 0.1) is 0 Å². The van der Waals surface area contributed by atoms with Gasteiger partial charge in [0, 0.05) is 0 Å². The zero-order valence-corrected chi connectivity index (χ0v) is 9.69. The van der Waals surface area contributed by atoms with Crippen molar-refractivity contribution in [1.82, 2.24) is 0 Å². The van der Waals surface area contributed by atoms with Crippen LogP contribution in [-0.2, 0) is 10.3 Å². The molecule has 2 fully saturated rings. The van der Waals surface area contributed by atoms with Gasteiger partial charge >= 0.3 is 0 Å². The number of isocyanates is 1. The number of rotatable bonds is 4. The quantitative estimate of drug-likeness (QED) is 0.588. The Hall–Kier alpha value is -1.60. The molecule has 1 aromatic rings. The normalized spacial score (nSPS) is 21.2. The number of aliphatic imine (C=N–C) groups is 1. The molecule has 17 heavy (non-hydrogen) atoms. The summed E-state index contributed by atoms with van der Waals surface area (Å²) in [4.78, 5) is 14.5. The molecule has 0 radical (unpaired) electrons. The molecule has 1 aromatic carbocycles. The second kappa shape index (κ2) is 4.01. The predicted molar refractivity (Wildman–Crippen MR) is 63.7 cm³/mol. The number of ether oxygens (including phenoxy) is 1. The zero-order chi connectivity index (χ0) is 11.7. The molecular formula is C14H15NO2. The minimum atomic E-state index is -0.315. The third-order valence-corrected chi connectivity index (χ3v) is 3.64. The van der Waals surface area contributed by atoms with Crippen molar-refractivity contribution < 1.29 is 9.53 Å². The second-order valence-electron chi connectivity index (χ2n) is 4.93. The summed E-state index contributed by atoms with van der Waals surface area (Å²) in [5.74, 6) is 0.900. The number of benzene rings is 1. The summed E-state index contributed by atoms with van der Waals surface area (Å²) in [5.41, 5.74) is 0.773.